The fraction of sp³-hybridized carbons (Fsp3) is 0.417. The summed E-state index contributed by atoms with van der Waals surface area (Å²) in [7, 11) is 0. The number of hydrogen-bond acceptors (Lipinski definition) is 3. The Labute approximate surface area is 108 Å². The van der Waals surface area contributed by atoms with E-state index < -0.39 is 4.92 Å². The molecule has 0 N–H and O–H groups in total. The van der Waals surface area contributed by atoms with Gasteiger partial charge in [-0.1, -0.05) is 28.9 Å². The minimum absolute atomic E-state index is 0.0728. The smallest absolute Gasteiger partial charge is 0.273 e. The van der Waals surface area contributed by atoms with Crippen LogP contribution in [0.3, 0.4) is 0 Å². The summed E-state index contributed by atoms with van der Waals surface area (Å²) in [5.74, 6) is 0.157. The summed E-state index contributed by atoms with van der Waals surface area (Å²) in [4.78, 5) is 21.8. The van der Waals surface area contributed by atoms with Crippen LogP contribution in [0.15, 0.2) is 22.7 Å². The predicted octanol–water partition coefficient (Wildman–Crippen LogP) is 3.66. The van der Waals surface area contributed by atoms with Crippen molar-refractivity contribution in [1.29, 1.82) is 0 Å². The van der Waals surface area contributed by atoms with Gasteiger partial charge in [-0.15, -0.1) is 0 Å². The number of carbonyl (C=O) groups is 1. The van der Waals surface area contributed by atoms with E-state index >= 15 is 0 Å². The number of rotatable bonds is 6. The van der Waals surface area contributed by atoms with Gasteiger partial charge >= 0.3 is 0 Å². The molecular formula is C12H14BrNO3. The van der Waals surface area contributed by atoms with E-state index in [-0.39, 0.29) is 11.5 Å². The van der Waals surface area contributed by atoms with Crippen molar-refractivity contribution in [3.8, 4) is 0 Å². The Morgan fingerprint density at radius 2 is 2.12 bits per heavy atom. The van der Waals surface area contributed by atoms with Crippen molar-refractivity contribution in [3.63, 3.8) is 0 Å². The first-order chi connectivity index (χ1) is 8.04. The van der Waals surface area contributed by atoms with E-state index in [0.29, 0.717) is 29.3 Å². The summed E-state index contributed by atoms with van der Waals surface area (Å²) in [6.07, 6.45) is 2.17. The van der Waals surface area contributed by atoms with Gasteiger partial charge in [0.1, 0.15) is 5.78 Å². The number of aryl methyl sites for hydroxylation is 1. The Bertz CT molecular complexity index is 432. The van der Waals surface area contributed by atoms with Crippen LogP contribution in [0.5, 0.6) is 0 Å². The lowest BCUT2D eigenvalue weighted by Gasteiger charge is -2.03. The van der Waals surface area contributed by atoms with Crippen LogP contribution in [0.1, 0.15) is 31.7 Å². The normalized spacial score (nSPS) is 10.2. The third kappa shape index (κ3) is 4.26. The van der Waals surface area contributed by atoms with Gasteiger partial charge in [-0.05, 0) is 18.9 Å². The molecule has 1 aromatic carbocycles. The van der Waals surface area contributed by atoms with E-state index in [9.17, 15) is 14.9 Å². The van der Waals surface area contributed by atoms with Crippen molar-refractivity contribution >= 4 is 27.4 Å². The van der Waals surface area contributed by atoms with Crippen LogP contribution in [-0.4, -0.2) is 10.7 Å². The van der Waals surface area contributed by atoms with Crippen LogP contribution in [0.25, 0.3) is 0 Å². The highest BCUT2D eigenvalue weighted by atomic mass is 79.9. The van der Waals surface area contributed by atoms with E-state index in [1.165, 1.54) is 6.07 Å². The molecule has 0 aromatic heterocycles. The number of Topliss-reactive ketones (excluding diaryl/α,β-unsaturated/α-hetero) is 1. The second-order valence-electron chi connectivity index (χ2n) is 3.82. The van der Waals surface area contributed by atoms with Crippen molar-refractivity contribution in [2.24, 2.45) is 0 Å². The fourth-order valence-electron chi connectivity index (χ4n) is 1.60. The minimum atomic E-state index is -0.412. The van der Waals surface area contributed by atoms with E-state index in [1.807, 2.05) is 6.92 Å². The van der Waals surface area contributed by atoms with E-state index in [1.54, 1.807) is 12.1 Å². The van der Waals surface area contributed by atoms with Crippen LogP contribution in [0.2, 0.25) is 0 Å². The number of hydrogen-bond donors (Lipinski definition) is 0. The van der Waals surface area contributed by atoms with Crippen molar-refractivity contribution in [3.05, 3.63) is 38.3 Å². The fourth-order valence-corrected chi connectivity index (χ4v) is 1.95. The van der Waals surface area contributed by atoms with E-state index in [0.717, 1.165) is 6.42 Å². The first-order valence-corrected chi connectivity index (χ1v) is 6.28. The van der Waals surface area contributed by atoms with Gasteiger partial charge in [0, 0.05) is 28.9 Å². The molecule has 0 aliphatic carbocycles. The standard InChI is InChI=1S/C12H14BrNO3/c1-2-3-11(15)7-5-9-4-6-10(13)8-12(9)14(16)17/h4,6,8H,2-3,5,7H2,1H3. The van der Waals surface area contributed by atoms with Crippen molar-refractivity contribution in [2.45, 2.75) is 32.6 Å². The molecular weight excluding hydrogens is 286 g/mol. The molecule has 0 spiro atoms. The molecule has 4 nitrogen and oxygen atoms in total. The first kappa shape index (κ1) is 13.8. The van der Waals surface area contributed by atoms with Gasteiger partial charge in [0.25, 0.3) is 5.69 Å². The second kappa shape index (κ2) is 6.49. The van der Waals surface area contributed by atoms with Gasteiger partial charge in [-0.2, -0.15) is 0 Å². The van der Waals surface area contributed by atoms with Gasteiger partial charge in [0.2, 0.25) is 0 Å². The number of ketones is 1. The predicted molar refractivity (Wildman–Crippen MR) is 69.0 cm³/mol. The molecule has 0 fully saturated rings. The monoisotopic (exact) mass is 299 g/mol. The Morgan fingerprint density at radius 1 is 1.41 bits per heavy atom. The number of carbonyl (C=O) groups excluding carboxylic acids is 1. The number of nitro benzene ring substituents is 1. The largest absolute Gasteiger partial charge is 0.300 e. The van der Waals surface area contributed by atoms with Crippen LogP contribution in [0.4, 0.5) is 5.69 Å². The molecule has 0 heterocycles. The zero-order chi connectivity index (χ0) is 12.8. The van der Waals surface area contributed by atoms with Crippen LogP contribution in [-0.2, 0) is 11.2 Å². The van der Waals surface area contributed by atoms with Crippen LogP contribution >= 0.6 is 15.9 Å². The summed E-state index contributed by atoms with van der Waals surface area (Å²) >= 11 is 3.20. The zero-order valence-corrected chi connectivity index (χ0v) is 11.2. The zero-order valence-electron chi connectivity index (χ0n) is 9.61. The van der Waals surface area contributed by atoms with Crippen molar-refractivity contribution in [2.75, 3.05) is 0 Å². The second-order valence-corrected chi connectivity index (χ2v) is 4.73. The lowest BCUT2D eigenvalue weighted by molar-refractivity contribution is -0.385. The number of benzene rings is 1. The summed E-state index contributed by atoms with van der Waals surface area (Å²) in [6.45, 7) is 1.94. The molecule has 5 heteroatoms. The van der Waals surface area contributed by atoms with Crippen LogP contribution in [0, 0.1) is 10.1 Å². The summed E-state index contributed by atoms with van der Waals surface area (Å²) in [5, 5.41) is 10.8. The molecule has 0 amide bonds. The van der Waals surface area contributed by atoms with Gasteiger partial charge in [-0.3, -0.25) is 14.9 Å². The van der Waals surface area contributed by atoms with Gasteiger partial charge in [0.05, 0.1) is 4.92 Å². The molecule has 1 rings (SSSR count). The molecule has 0 aliphatic heterocycles. The highest BCUT2D eigenvalue weighted by molar-refractivity contribution is 9.10. The SMILES string of the molecule is CCCC(=O)CCc1ccc(Br)cc1[N+](=O)[O-]. The molecule has 0 radical (unpaired) electrons. The topological polar surface area (TPSA) is 60.2 Å². The van der Waals surface area contributed by atoms with Crippen molar-refractivity contribution in [1.82, 2.24) is 0 Å². The molecule has 0 unspecified atom stereocenters. The third-order valence-electron chi connectivity index (χ3n) is 2.45. The van der Waals surface area contributed by atoms with Gasteiger partial charge in [-0.25, -0.2) is 0 Å². The summed E-state index contributed by atoms with van der Waals surface area (Å²) in [6, 6.07) is 4.92. The Kier molecular flexibility index (Phi) is 5.28. The average Bonchev–Trinajstić information content (AvgIpc) is 2.27. The van der Waals surface area contributed by atoms with Crippen LogP contribution < -0.4 is 0 Å². The number of nitrogens with zero attached hydrogens (tertiary/aromatic N) is 1. The highest BCUT2D eigenvalue weighted by Crippen LogP contribution is 2.24. The maximum absolute atomic E-state index is 11.4. The highest BCUT2D eigenvalue weighted by Gasteiger charge is 2.14. The lowest BCUT2D eigenvalue weighted by atomic mass is 10.0. The minimum Gasteiger partial charge on any atom is -0.300 e. The van der Waals surface area contributed by atoms with Gasteiger partial charge < -0.3 is 0 Å². The average molecular weight is 300 g/mol. The third-order valence-corrected chi connectivity index (χ3v) is 2.94. The first-order valence-electron chi connectivity index (χ1n) is 5.49. The molecule has 0 bridgehead atoms. The lowest BCUT2D eigenvalue weighted by Crippen LogP contribution is -2.02. The number of halogens is 1. The van der Waals surface area contributed by atoms with Crippen molar-refractivity contribution < 1.29 is 9.72 Å². The quantitative estimate of drug-likeness (QED) is 0.595. The molecule has 0 aliphatic rings. The maximum atomic E-state index is 11.4. The van der Waals surface area contributed by atoms with Gasteiger partial charge in [0.15, 0.2) is 0 Å². The van der Waals surface area contributed by atoms with E-state index in [2.05, 4.69) is 15.9 Å². The molecule has 0 atom stereocenters. The Balaban J connectivity index is 2.77. The molecule has 0 saturated heterocycles. The van der Waals surface area contributed by atoms with E-state index in [4.69, 9.17) is 0 Å². The maximum Gasteiger partial charge on any atom is 0.273 e. The molecule has 17 heavy (non-hydrogen) atoms. The Morgan fingerprint density at radius 3 is 2.71 bits per heavy atom. The Hall–Kier alpha value is -1.23. The number of nitro groups is 1. The molecule has 1 aromatic rings. The molecule has 92 valence electrons. The summed E-state index contributed by atoms with van der Waals surface area (Å²) < 4.78 is 0.674. The molecule has 0 saturated carbocycles. The summed E-state index contributed by atoms with van der Waals surface area (Å²) in [5.41, 5.74) is 0.686.